The number of carbonyl (C=O) groups excluding carboxylic acids is 1. The zero-order chi connectivity index (χ0) is 8.69. The van der Waals surface area contributed by atoms with E-state index in [9.17, 15) is 4.79 Å². The minimum Gasteiger partial charge on any atom is -0.308 e. The Labute approximate surface area is 69.4 Å². The maximum Gasteiger partial charge on any atom is 0.146 e. The van der Waals surface area contributed by atoms with Crippen molar-refractivity contribution in [2.24, 2.45) is 0 Å². The van der Waals surface area contributed by atoms with Gasteiger partial charge in [0.1, 0.15) is 5.78 Å². The highest BCUT2D eigenvalue weighted by molar-refractivity contribution is 5.80. The number of ketones is 1. The first kappa shape index (κ1) is 10.6. The summed E-state index contributed by atoms with van der Waals surface area (Å²) in [7, 11) is 0. The molecule has 0 heterocycles. The first-order chi connectivity index (χ1) is 5.20. The summed E-state index contributed by atoms with van der Waals surface area (Å²) in [4.78, 5) is 11.0. The van der Waals surface area contributed by atoms with Gasteiger partial charge < -0.3 is 5.32 Å². The molecule has 0 rings (SSSR count). The lowest BCUT2D eigenvalue weighted by Crippen LogP contribution is -2.30. The van der Waals surface area contributed by atoms with Crippen molar-refractivity contribution in [3.63, 3.8) is 0 Å². The second kappa shape index (κ2) is 6.35. The first-order valence-electron chi connectivity index (χ1n) is 4.45. The minimum atomic E-state index is 0.327. The Balaban J connectivity index is 3.30. The Morgan fingerprint density at radius 1 is 1.45 bits per heavy atom. The Kier molecular flexibility index (Phi) is 6.13. The summed E-state index contributed by atoms with van der Waals surface area (Å²) in [5, 5.41) is 3.17. The highest BCUT2D eigenvalue weighted by Crippen LogP contribution is 1.90. The van der Waals surface area contributed by atoms with E-state index in [-0.39, 0.29) is 0 Å². The van der Waals surface area contributed by atoms with Crippen LogP contribution in [0.3, 0.4) is 0 Å². The second-order valence-electron chi connectivity index (χ2n) is 2.98. The van der Waals surface area contributed by atoms with Gasteiger partial charge >= 0.3 is 0 Å². The average Bonchev–Trinajstić information content (AvgIpc) is 2.01. The molecule has 0 saturated heterocycles. The quantitative estimate of drug-likeness (QED) is 0.636. The molecule has 1 atom stereocenters. The Bertz CT molecular complexity index is 112. The van der Waals surface area contributed by atoms with Crippen LogP contribution < -0.4 is 5.32 Å². The van der Waals surface area contributed by atoms with Crippen LogP contribution >= 0.6 is 0 Å². The van der Waals surface area contributed by atoms with Gasteiger partial charge in [-0.1, -0.05) is 13.8 Å². The molecule has 0 aliphatic rings. The van der Waals surface area contributed by atoms with E-state index in [0.717, 1.165) is 12.8 Å². The molecule has 1 unspecified atom stereocenters. The van der Waals surface area contributed by atoms with Crippen molar-refractivity contribution in [2.75, 3.05) is 6.54 Å². The lowest BCUT2D eigenvalue weighted by Gasteiger charge is -2.09. The van der Waals surface area contributed by atoms with Crippen LogP contribution in [0.5, 0.6) is 0 Å². The summed E-state index contributed by atoms with van der Waals surface area (Å²) >= 11 is 0. The molecule has 1 N–H and O–H groups in total. The Morgan fingerprint density at radius 2 is 2.09 bits per heavy atom. The molecule has 0 aromatic rings. The summed E-state index contributed by atoms with van der Waals surface area (Å²) < 4.78 is 0. The summed E-state index contributed by atoms with van der Waals surface area (Å²) in [5.41, 5.74) is 0. The highest BCUT2D eigenvalue weighted by Gasteiger charge is 2.01. The van der Waals surface area contributed by atoms with Crippen molar-refractivity contribution in [1.82, 2.24) is 5.32 Å². The molecule has 0 fully saturated rings. The van der Waals surface area contributed by atoms with E-state index < -0.39 is 0 Å². The van der Waals surface area contributed by atoms with E-state index in [2.05, 4.69) is 19.2 Å². The molecule has 0 saturated carbocycles. The van der Waals surface area contributed by atoms with Crippen molar-refractivity contribution in [2.45, 2.75) is 46.1 Å². The molecule has 0 aliphatic heterocycles. The van der Waals surface area contributed by atoms with Crippen LogP contribution in [0.4, 0.5) is 0 Å². The molecule has 0 aromatic heterocycles. The van der Waals surface area contributed by atoms with Gasteiger partial charge in [0.15, 0.2) is 0 Å². The van der Waals surface area contributed by atoms with Gasteiger partial charge in [0.05, 0.1) is 6.54 Å². The van der Waals surface area contributed by atoms with Gasteiger partial charge in [-0.2, -0.15) is 0 Å². The summed E-state index contributed by atoms with van der Waals surface area (Å²) in [6, 6.07) is 0.468. The van der Waals surface area contributed by atoms with Crippen LogP contribution in [0.25, 0.3) is 0 Å². The highest BCUT2D eigenvalue weighted by atomic mass is 16.1. The zero-order valence-corrected chi connectivity index (χ0v) is 7.81. The van der Waals surface area contributed by atoms with Crippen LogP contribution in [0.15, 0.2) is 0 Å². The van der Waals surface area contributed by atoms with Crippen LogP contribution in [-0.2, 0) is 4.79 Å². The fraction of sp³-hybridized carbons (Fsp3) is 0.889. The lowest BCUT2D eigenvalue weighted by molar-refractivity contribution is -0.118. The molecule has 0 spiro atoms. The van der Waals surface area contributed by atoms with Gasteiger partial charge in [0, 0.05) is 12.5 Å². The largest absolute Gasteiger partial charge is 0.308 e. The zero-order valence-electron chi connectivity index (χ0n) is 7.81. The molecular weight excluding hydrogens is 138 g/mol. The summed E-state index contributed by atoms with van der Waals surface area (Å²) in [5.74, 6) is 0.327. The summed E-state index contributed by atoms with van der Waals surface area (Å²) in [6.45, 7) is 6.78. The van der Waals surface area contributed by atoms with Gasteiger partial charge in [-0.25, -0.2) is 0 Å². The van der Waals surface area contributed by atoms with Crippen LogP contribution in [0.1, 0.15) is 40.0 Å². The van der Waals surface area contributed by atoms with E-state index in [1.165, 1.54) is 0 Å². The monoisotopic (exact) mass is 157 g/mol. The average molecular weight is 157 g/mol. The third-order valence-corrected chi connectivity index (χ3v) is 1.79. The standard InChI is InChI=1S/C9H19NO/c1-4-6-9(11)7-10-8(3)5-2/h8,10H,4-7H2,1-3H3. The fourth-order valence-corrected chi connectivity index (χ4v) is 0.800. The molecule has 0 amide bonds. The van der Waals surface area contributed by atoms with E-state index in [4.69, 9.17) is 0 Å². The van der Waals surface area contributed by atoms with E-state index in [1.807, 2.05) is 6.92 Å². The Hall–Kier alpha value is -0.370. The number of hydrogen-bond acceptors (Lipinski definition) is 2. The molecule has 66 valence electrons. The smallest absolute Gasteiger partial charge is 0.146 e. The number of rotatable bonds is 6. The lowest BCUT2D eigenvalue weighted by atomic mass is 10.2. The maximum absolute atomic E-state index is 11.0. The first-order valence-corrected chi connectivity index (χ1v) is 4.45. The molecule has 2 nitrogen and oxygen atoms in total. The van der Waals surface area contributed by atoms with Crippen LogP contribution in [0.2, 0.25) is 0 Å². The fourth-order valence-electron chi connectivity index (χ4n) is 0.800. The molecule has 11 heavy (non-hydrogen) atoms. The third-order valence-electron chi connectivity index (χ3n) is 1.79. The van der Waals surface area contributed by atoms with Crippen LogP contribution in [-0.4, -0.2) is 18.4 Å². The number of nitrogens with one attached hydrogen (secondary N) is 1. The maximum atomic E-state index is 11.0. The predicted octanol–water partition coefficient (Wildman–Crippen LogP) is 1.74. The van der Waals surface area contributed by atoms with Gasteiger partial charge in [-0.3, -0.25) is 4.79 Å². The van der Waals surface area contributed by atoms with E-state index in [0.29, 0.717) is 24.8 Å². The van der Waals surface area contributed by atoms with Crippen molar-refractivity contribution < 1.29 is 4.79 Å². The number of hydrogen-bond donors (Lipinski definition) is 1. The molecule has 0 aliphatic carbocycles. The molecule has 0 aromatic carbocycles. The molecule has 0 radical (unpaired) electrons. The van der Waals surface area contributed by atoms with Gasteiger partial charge in [-0.15, -0.1) is 0 Å². The van der Waals surface area contributed by atoms with E-state index in [1.54, 1.807) is 0 Å². The predicted molar refractivity (Wildman–Crippen MR) is 47.7 cm³/mol. The molecular formula is C9H19NO. The Morgan fingerprint density at radius 3 is 2.55 bits per heavy atom. The van der Waals surface area contributed by atoms with Gasteiger partial charge in [0.25, 0.3) is 0 Å². The minimum absolute atomic E-state index is 0.327. The van der Waals surface area contributed by atoms with Gasteiger partial charge in [0.2, 0.25) is 0 Å². The van der Waals surface area contributed by atoms with Crippen molar-refractivity contribution in [3.8, 4) is 0 Å². The summed E-state index contributed by atoms with van der Waals surface area (Å²) in [6.07, 6.45) is 2.75. The number of Topliss-reactive ketones (excluding diaryl/α,β-unsaturated/α-hetero) is 1. The van der Waals surface area contributed by atoms with Crippen molar-refractivity contribution in [1.29, 1.82) is 0 Å². The van der Waals surface area contributed by atoms with E-state index >= 15 is 0 Å². The normalized spacial score (nSPS) is 13.0. The molecule has 0 bridgehead atoms. The topological polar surface area (TPSA) is 29.1 Å². The third kappa shape index (κ3) is 6.05. The number of carbonyl (C=O) groups is 1. The van der Waals surface area contributed by atoms with Crippen LogP contribution in [0, 0.1) is 0 Å². The van der Waals surface area contributed by atoms with Crippen molar-refractivity contribution >= 4 is 5.78 Å². The second-order valence-corrected chi connectivity index (χ2v) is 2.98. The molecule has 2 heteroatoms. The SMILES string of the molecule is CCCC(=O)CNC(C)CC. The van der Waals surface area contributed by atoms with Crippen molar-refractivity contribution in [3.05, 3.63) is 0 Å². The van der Waals surface area contributed by atoms with Gasteiger partial charge in [-0.05, 0) is 19.8 Å².